The van der Waals surface area contributed by atoms with Crippen LogP contribution in [0.4, 0.5) is 11.4 Å². The van der Waals surface area contributed by atoms with E-state index >= 15 is 0 Å². The van der Waals surface area contributed by atoms with E-state index in [1.165, 1.54) is 0 Å². The zero-order valence-corrected chi connectivity index (χ0v) is 13.5. The third-order valence-electron chi connectivity index (χ3n) is 3.18. The lowest BCUT2D eigenvalue weighted by atomic mass is 10.1. The lowest BCUT2D eigenvalue weighted by Gasteiger charge is -2.27. The molecule has 5 heteroatoms. The van der Waals surface area contributed by atoms with Gasteiger partial charge in [-0.3, -0.25) is 4.90 Å². The van der Waals surface area contributed by atoms with E-state index in [9.17, 15) is 0 Å². The van der Waals surface area contributed by atoms with Crippen LogP contribution >= 0.6 is 35.4 Å². The summed E-state index contributed by atoms with van der Waals surface area (Å²) in [7, 11) is 0. The number of hydrogen-bond donors (Lipinski definition) is 1. The van der Waals surface area contributed by atoms with Gasteiger partial charge in [0, 0.05) is 10.0 Å². The van der Waals surface area contributed by atoms with Crippen LogP contribution in [0.5, 0.6) is 0 Å². The van der Waals surface area contributed by atoms with Gasteiger partial charge in [-0.25, -0.2) is 0 Å². The molecule has 0 radical (unpaired) electrons. The number of hydrogen-bond acceptors (Lipinski definition) is 1. The second-order valence-corrected chi connectivity index (χ2v) is 5.67. The van der Waals surface area contributed by atoms with Crippen molar-refractivity contribution in [3.8, 4) is 0 Å². The topological polar surface area (TPSA) is 29.3 Å². The monoisotopic (exact) mass is 324 g/mol. The smallest absolute Gasteiger partial charge is 0.175 e. The van der Waals surface area contributed by atoms with E-state index in [0.717, 1.165) is 22.5 Å². The maximum absolute atomic E-state index is 6.18. The van der Waals surface area contributed by atoms with Gasteiger partial charge < -0.3 is 5.73 Å². The van der Waals surface area contributed by atoms with Crippen molar-refractivity contribution in [2.75, 3.05) is 4.90 Å². The third-order valence-corrected chi connectivity index (χ3v) is 4.18. The number of anilines is 2. The molecule has 0 atom stereocenters. The van der Waals surface area contributed by atoms with Gasteiger partial charge in [0.1, 0.15) is 0 Å². The predicted octanol–water partition coefficient (Wildman–Crippen LogP) is 4.99. The summed E-state index contributed by atoms with van der Waals surface area (Å²) in [6.07, 6.45) is 0. The number of halogens is 2. The van der Waals surface area contributed by atoms with E-state index in [2.05, 4.69) is 0 Å². The van der Waals surface area contributed by atoms with E-state index in [0.29, 0.717) is 10.0 Å². The molecular formula is C15H14Cl2N2S. The van der Waals surface area contributed by atoms with Crippen molar-refractivity contribution in [3.05, 3.63) is 57.6 Å². The van der Waals surface area contributed by atoms with Crippen molar-refractivity contribution in [2.24, 2.45) is 5.73 Å². The second kappa shape index (κ2) is 6.00. The van der Waals surface area contributed by atoms with Gasteiger partial charge in [0.15, 0.2) is 5.11 Å². The highest BCUT2D eigenvalue weighted by atomic mass is 35.5. The minimum absolute atomic E-state index is 0.251. The van der Waals surface area contributed by atoms with Gasteiger partial charge in [0.2, 0.25) is 0 Å². The second-order valence-electron chi connectivity index (χ2n) is 4.44. The average Bonchev–Trinajstić information content (AvgIpc) is 2.39. The van der Waals surface area contributed by atoms with Crippen LogP contribution in [0.1, 0.15) is 11.1 Å². The molecule has 0 heterocycles. The van der Waals surface area contributed by atoms with Crippen LogP contribution in [0.15, 0.2) is 36.4 Å². The van der Waals surface area contributed by atoms with E-state index in [1.807, 2.05) is 50.2 Å². The van der Waals surface area contributed by atoms with Gasteiger partial charge in [-0.2, -0.15) is 0 Å². The molecule has 0 unspecified atom stereocenters. The molecule has 0 saturated heterocycles. The fourth-order valence-electron chi connectivity index (χ4n) is 2.04. The first-order valence-electron chi connectivity index (χ1n) is 6.03. The molecular weight excluding hydrogens is 311 g/mol. The first-order chi connectivity index (χ1) is 9.43. The molecule has 0 spiro atoms. The van der Waals surface area contributed by atoms with Gasteiger partial charge in [-0.1, -0.05) is 35.3 Å². The van der Waals surface area contributed by atoms with Crippen molar-refractivity contribution in [2.45, 2.75) is 13.8 Å². The van der Waals surface area contributed by atoms with Crippen LogP contribution in [0.3, 0.4) is 0 Å². The minimum Gasteiger partial charge on any atom is -0.376 e. The van der Waals surface area contributed by atoms with Crippen molar-refractivity contribution in [1.29, 1.82) is 0 Å². The van der Waals surface area contributed by atoms with E-state index in [-0.39, 0.29) is 5.11 Å². The highest BCUT2D eigenvalue weighted by Gasteiger charge is 2.18. The molecule has 2 aromatic rings. The first kappa shape index (κ1) is 15.1. The Labute approximate surface area is 134 Å². The van der Waals surface area contributed by atoms with Gasteiger partial charge >= 0.3 is 0 Å². The molecule has 2 N–H and O–H groups in total. The number of nitrogens with zero attached hydrogens (tertiary/aromatic N) is 1. The molecule has 104 valence electrons. The average molecular weight is 325 g/mol. The summed E-state index contributed by atoms with van der Waals surface area (Å²) in [4.78, 5) is 1.79. The first-order valence-corrected chi connectivity index (χ1v) is 7.19. The molecule has 0 aromatic heterocycles. The molecule has 2 nitrogen and oxygen atoms in total. The molecule has 0 aliphatic rings. The fourth-order valence-corrected chi connectivity index (χ4v) is 2.58. The fraction of sp³-hybridized carbons (Fsp3) is 0.133. The standard InChI is InChI=1S/C15H14Cl2N2S/c1-9-11(16)5-3-7-13(9)19(15(18)20)14-8-4-6-12(17)10(14)2/h3-8H,1-2H3,(H2,18,20). The van der Waals surface area contributed by atoms with Crippen LogP contribution in [-0.4, -0.2) is 5.11 Å². The van der Waals surface area contributed by atoms with Crippen molar-refractivity contribution < 1.29 is 0 Å². The Morgan fingerprint density at radius 2 is 1.35 bits per heavy atom. The summed E-state index contributed by atoms with van der Waals surface area (Å²) in [5.74, 6) is 0. The summed E-state index contributed by atoms with van der Waals surface area (Å²) in [6, 6.07) is 11.3. The van der Waals surface area contributed by atoms with Gasteiger partial charge in [0.25, 0.3) is 0 Å². The molecule has 0 saturated carbocycles. The molecule has 0 aliphatic carbocycles. The van der Waals surface area contributed by atoms with Gasteiger partial charge in [-0.15, -0.1) is 0 Å². The van der Waals surface area contributed by atoms with Crippen molar-refractivity contribution >= 4 is 51.9 Å². The maximum Gasteiger partial charge on any atom is 0.175 e. The SMILES string of the molecule is Cc1c(Cl)cccc1N(C(N)=S)c1cccc(Cl)c1C. The normalized spacial score (nSPS) is 10.4. The summed E-state index contributed by atoms with van der Waals surface area (Å²) < 4.78 is 0. The molecule has 2 aromatic carbocycles. The van der Waals surface area contributed by atoms with E-state index in [1.54, 1.807) is 4.90 Å². The zero-order valence-electron chi connectivity index (χ0n) is 11.2. The Morgan fingerprint density at radius 1 is 0.950 bits per heavy atom. The number of rotatable bonds is 2. The Balaban J connectivity index is 2.66. The number of nitrogens with two attached hydrogens (primary N) is 1. The lowest BCUT2D eigenvalue weighted by molar-refractivity contribution is 1.27. The van der Waals surface area contributed by atoms with Gasteiger partial charge in [-0.05, 0) is 61.5 Å². The largest absolute Gasteiger partial charge is 0.376 e. The minimum atomic E-state index is 0.251. The highest BCUT2D eigenvalue weighted by Crippen LogP contribution is 2.35. The number of thiocarbonyl (C=S) groups is 1. The van der Waals surface area contributed by atoms with E-state index in [4.69, 9.17) is 41.2 Å². The summed E-state index contributed by atoms with van der Waals surface area (Å²) in [5, 5.41) is 1.59. The Bertz CT molecular complexity index is 619. The quantitative estimate of drug-likeness (QED) is 0.789. The van der Waals surface area contributed by atoms with E-state index < -0.39 is 0 Å². The Kier molecular flexibility index (Phi) is 4.53. The summed E-state index contributed by atoms with van der Waals surface area (Å²) in [6.45, 7) is 3.87. The molecule has 20 heavy (non-hydrogen) atoms. The zero-order chi connectivity index (χ0) is 14.9. The molecule has 0 aliphatic heterocycles. The molecule has 2 rings (SSSR count). The highest BCUT2D eigenvalue weighted by molar-refractivity contribution is 7.80. The van der Waals surface area contributed by atoms with Crippen LogP contribution in [-0.2, 0) is 0 Å². The van der Waals surface area contributed by atoms with Gasteiger partial charge in [0.05, 0.1) is 11.4 Å². The molecule has 0 amide bonds. The maximum atomic E-state index is 6.18. The van der Waals surface area contributed by atoms with Crippen molar-refractivity contribution in [1.82, 2.24) is 0 Å². The van der Waals surface area contributed by atoms with Crippen molar-refractivity contribution in [3.63, 3.8) is 0 Å². The van der Waals surface area contributed by atoms with Crippen LogP contribution < -0.4 is 10.6 Å². The third kappa shape index (κ3) is 2.75. The summed E-state index contributed by atoms with van der Waals surface area (Å²) >= 11 is 17.6. The molecule has 0 fully saturated rings. The Morgan fingerprint density at radius 3 is 1.70 bits per heavy atom. The Hall–Kier alpha value is -1.29. The van der Waals surface area contributed by atoms with Crippen LogP contribution in [0.25, 0.3) is 0 Å². The predicted molar refractivity (Wildman–Crippen MR) is 91.3 cm³/mol. The lowest BCUT2D eigenvalue weighted by Crippen LogP contribution is -2.32. The summed E-state index contributed by atoms with van der Waals surface area (Å²) in [5.41, 5.74) is 9.46. The van der Waals surface area contributed by atoms with Crippen LogP contribution in [0, 0.1) is 13.8 Å². The molecule has 0 bridgehead atoms. The van der Waals surface area contributed by atoms with Crippen LogP contribution in [0.2, 0.25) is 10.0 Å². The number of benzene rings is 2.